The number of para-hydroxylation sites is 2. The molecule has 0 unspecified atom stereocenters. The summed E-state index contributed by atoms with van der Waals surface area (Å²) in [7, 11) is 0. The zero-order valence-corrected chi connectivity index (χ0v) is 19.3. The summed E-state index contributed by atoms with van der Waals surface area (Å²) in [5.74, 6) is 2.13. The maximum absolute atomic E-state index is 9.93. The van der Waals surface area contributed by atoms with Gasteiger partial charge in [-0.25, -0.2) is 0 Å². The quantitative estimate of drug-likeness (QED) is 0.259. The van der Waals surface area contributed by atoms with Crippen molar-refractivity contribution in [3.63, 3.8) is 0 Å². The van der Waals surface area contributed by atoms with E-state index in [2.05, 4.69) is 20.4 Å². The Bertz CT molecular complexity index is 1300. The van der Waals surface area contributed by atoms with E-state index in [1.165, 1.54) is 23.5 Å². The summed E-state index contributed by atoms with van der Waals surface area (Å²) in [5.41, 5.74) is 3.25. The van der Waals surface area contributed by atoms with Crippen LogP contribution in [0, 0.1) is 0 Å². The third kappa shape index (κ3) is 5.08. The van der Waals surface area contributed by atoms with E-state index in [-0.39, 0.29) is 11.5 Å². The molecule has 2 heterocycles. The molecule has 5 aromatic rings. The molecule has 2 aromatic heterocycles. The topological polar surface area (TPSA) is 118 Å². The van der Waals surface area contributed by atoms with Crippen molar-refractivity contribution in [2.75, 3.05) is 0 Å². The number of hydrogen-bond donors (Lipinski definition) is 2. The van der Waals surface area contributed by atoms with E-state index in [0.29, 0.717) is 44.9 Å². The number of hydrogen-bond acceptors (Lipinski definition) is 10. The van der Waals surface area contributed by atoms with Crippen molar-refractivity contribution in [3.05, 3.63) is 83.9 Å². The molecule has 0 saturated heterocycles. The Morgan fingerprint density at radius 1 is 0.559 bits per heavy atom. The molecule has 0 aliphatic heterocycles. The van der Waals surface area contributed by atoms with Crippen molar-refractivity contribution in [1.82, 2.24) is 20.4 Å². The lowest BCUT2D eigenvalue weighted by atomic mass is 10.2. The first-order valence-electron chi connectivity index (χ1n) is 10.2. The lowest BCUT2D eigenvalue weighted by Gasteiger charge is -2.02. The van der Waals surface area contributed by atoms with Gasteiger partial charge in [0.15, 0.2) is 0 Å². The molecule has 8 nitrogen and oxygen atoms in total. The number of aromatic nitrogens is 4. The molecule has 2 N–H and O–H groups in total. The molecule has 0 spiro atoms. The minimum Gasteiger partial charge on any atom is -0.507 e. The maximum atomic E-state index is 9.93. The normalized spacial score (nSPS) is 11.1. The van der Waals surface area contributed by atoms with Gasteiger partial charge in [-0.15, -0.1) is 20.4 Å². The smallest absolute Gasteiger partial charge is 0.277 e. The lowest BCUT2D eigenvalue weighted by Crippen LogP contribution is -1.85. The van der Waals surface area contributed by atoms with Crippen molar-refractivity contribution in [2.24, 2.45) is 0 Å². The van der Waals surface area contributed by atoms with E-state index in [1.807, 2.05) is 24.3 Å². The van der Waals surface area contributed by atoms with Gasteiger partial charge in [0.1, 0.15) is 11.5 Å². The average molecular weight is 491 g/mol. The Morgan fingerprint density at radius 2 is 0.971 bits per heavy atom. The summed E-state index contributed by atoms with van der Waals surface area (Å²) in [6.45, 7) is 0. The predicted molar refractivity (Wildman–Crippen MR) is 128 cm³/mol. The van der Waals surface area contributed by atoms with E-state index < -0.39 is 0 Å². The minimum atomic E-state index is 0.103. The Morgan fingerprint density at radius 3 is 1.38 bits per heavy atom. The summed E-state index contributed by atoms with van der Waals surface area (Å²) in [5, 5.41) is 36.9. The molecule has 0 aliphatic rings. The largest absolute Gasteiger partial charge is 0.507 e. The van der Waals surface area contributed by atoms with Crippen LogP contribution in [-0.4, -0.2) is 30.6 Å². The van der Waals surface area contributed by atoms with Crippen LogP contribution in [0.2, 0.25) is 0 Å². The van der Waals surface area contributed by atoms with Crippen LogP contribution in [0.3, 0.4) is 0 Å². The Hall–Kier alpha value is -3.76. The fraction of sp³-hybridized carbons (Fsp3) is 0.0833. The number of aromatic hydroxyl groups is 2. The van der Waals surface area contributed by atoms with Gasteiger partial charge in [-0.05, 0) is 35.4 Å². The van der Waals surface area contributed by atoms with Gasteiger partial charge in [0.25, 0.3) is 22.2 Å². The number of benzene rings is 3. The summed E-state index contributed by atoms with van der Waals surface area (Å²) >= 11 is 2.86. The van der Waals surface area contributed by atoms with E-state index in [1.54, 1.807) is 48.5 Å². The predicted octanol–water partition coefficient (Wildman–Crippen LogP) is 5.78. The molecule has 0 fully saturated rings. The summed E-state index contributed by atoms with van der Waals surface area (Å²) in [6, 6.07) is 21.9. The number of nitrogens with zero attached hydrogens (tertiary/aromatic N) is 4. The fourth-order valence-corrected chi connectivity index (χ4v) is 4.52. The Balaban J connectivity index is 1.15. The van der Waals surface area contributed by atoms with Gasteiger partial charge in [-0.2, -0.15) is 0 Å². The molecule has 5 rings (SSSR count). The number of thioether (sulfide) groups is 2. The van der Waals surface area contributed by atoms with Crippen molar-refractivity contribution < 1.29 is 19.0 Å². The molecule has 0 amide bonds. The zero-order valence-electron chi connectivity index (χ0n) is 17.7. The Kier molecular flexibility index (Phi) is 6.50. The van der Waals surface area contributed by atoms with Crippen molar-refractivity contribution in [3.8, 4) is 34.4 Å². The molecular weight excluding hydrogens is 472 g/mol. The number of phenolic OH excluding ortho intramolecular Hbond substituents is 2. The van der Waals surface area contributed by atoms with Gasteiger partial charge >= 0.3 is 0 Å². The molecular formula is C24H18N4O4S2. The third-order valence-electron chi connectivity index (χ3n) is 4.83. The minimum absolute atomic E-state index is 0.103. The monoisotopic (exact) mass is 490 g/mol. The second kappa shape index (κ2) is 10.0. The van der Waals surface area contributed by atoms with Gasteiger partial charge in [-0.3, -0.25) is 0 Å². The van der Waals surface area contributed by atoms with Gasteiger partial charge in [-0.1, -0.05) is 72.1 Å². The maximum Gasteiger partial charge on any atom is 0.277 e. The SMILES string of the molecule is Oc1ccccc1-c1nnc(SCc2ccc(CSc3nnc(-c4ccccc4O)o3)cc2)o1. The van der Waals surface area contributed by atoms with Crippen molar-refractivity contribution in [2.45, 2.75) is 22.0 Å². The van der Waals surface area contributed by atoms with Crippen LogP contribution in [0.1, 0.15) is 11.1 Å². The molecule has 0 atom stereocenters. The molecule has 0 aliphatic carbocycles. The number of phenols is 2. The van der Waals surface area contributed by atoms with Gasteiger partial charge in [0.2, 0.25) is 0 Å². The highest BCUT2D eigenvalue weighted by Crippen LogP contribution is 2.32. The van der Waals surface area contributed by atoms with Crippen LogP contribution >= 0.6 is 23.5 Å². The zero-order chi connectivity index (χ0) is 23.3. The highest BCUT2D eigenvalue weighted by Gasteiger charge is 2.14. The summed E-state index contributed by atoms with van der Waals surface area (Å²) < 4.78 is 11.3. The third-order valence-corrected chi connectivity index (χ3v) is 6.61. The first kappa shape index (κ1) is 22.1. The standard InChI is InChI=1S/C24H18N4O4S2/c29-19-7-3-1-5-17(19)21-25-27-23(31-21)33-13-15-9-11-16(12-10-15)14-34-24-28-26-22(32-24)18-6-2-4-8-20(18)30/h1-12,29-30H,13-14H2. The second-order valence-corrected chi connectivity index (χ2v) is 9.03. The summed E-state index contributed by atoms with van der Waals surface area (Å²) in [4.78, 5) is 0. The van der Waals surface area contributed by atoms with Gasteiger partial charge < -0.3 is 19.0 Å². The molecule has 34 heavy (non-hydrogen) atoms. The van der Waals surface area contributed by atoms with Crippen LogP contribution < -0.4 is 0 Å². The molecule has 3 aromatic carbocycles. The van der Waals surface area contributed by atoms with Crippen LogP contribution in [0.15, 0.2) is 92.1 Å². The van der Waals surface area contributed by atoms with E-state index in [4.69, 9.17) is 8.83 Å². The van der Waals surface area contributed by atoms with Crippen LogP contribution in [0.5, 0.6) is 11.5 Å². The fourth-order valence-electron chi connectivity index (χ4n) is 3.08. The Labute approximate surface area is 203 Å². The molecule has 0 saturated carbocycles. The van der Waals surface area contributed by atoms with Crippen molar-refractivity contribution >= 4 is 23.5 Å². The van der Waals surface area contributed by atoms with Crippen LogP contribution in [0.4, 0.5) is 0 Å². The van der Waals surface area contributed by atoms with E-state index >= 15 is 0 Å². The first-order chi connectivity index (χ1) is 16.7. The van der Waals surface area contributed by atoms with E-state index in [0.717, 1.165) is 11.1 Å². The number of rotatable bonds is 8. The molecule has 0 radical (unpaired) electrons. The van der Waals surface area contributed by atoms with Gasteiger partial charge in [0, 0.05) is 11.5 Å². The van der Waals surface area contributed by atoms with Crippen LogP contribution in [0.25, 0.3) is 22.9 Å². The first-order valence-corrected chi connectivity index (χ1v) is 12.2. The second-order valence-electron chi connectivity index (χ2n) is 7.17. The highest BCUT2D eigenvalue weighted by molar-refractivity contribution is 7.98. The lowest BCUT2D eigenvalue weighted by molar-refractivity contribution is 0.452. The average Bonchev–Trinajstić information content (AvgIpc) is 3.53. The molecule has 10 heteroatoms. The highest BCUT2D eigenvalue weighted by atomic mass is 32.2. The van der Waals surface area contributed by atoms with Gasteiger partial charge in [0.05, 0.1) is 11.1 Å². The van der Waals surface area contributed by atoms with E-state index in [9.17, 15) is 10.2 Å². The molecule has 170 valence electrons. The molecule has 0 bridgehead atoms. The van der Waals surface area contributed by atoms with Crippen LogP contribution in [-0.2, 0) is 11.5 Å². The van der Waals surface area contributed by atoms with Crippen molar-refractivity contribution in [1.29, 1.82) is 0 Å². The summed E-state index contributed by atoms with van der Waals surface area (Å²) in [6.07, 6.45) is 0.